The average Bonchev–Trinajstić information content (AvgIpc) is 2.83. The zero-order valence-corrected chi connectivity index (χ0v) is 18.9. The number of hydrogen-bond donors (Lipinski definition) is 2. The molecule has 4 rings (SSSR count). The number of fused-ring (bicyclic) bond motifs is 1. The van der Waals surface area contributed by atoms with Crippen LogP contribution in [0.4, 0.5) is 5.69 Å². The third kappa shape index (κ3) is 4.39. The maximum atomic E-state index is 13.0. The molecule has 1 heterocycles. The lowest BCUT2D eigenvalue weighted by molar-refractivity contribution is 0.0963. The Balaban J connectivity index is 1.62. The Morgan fingerprint density at radius 1 is 1.03 bits per heavy atom. The van der Waals surface area contributed by atoms with E-state index in [1.165, 1.54) is 6.07 Å². The summed E-state index contributed by atoms with van der Waals surface area (Å²) in [6.45, 7) is 1.99. The molecule has 1 aliphatic carbocycles. The predicted molar refractivity (Wildman–Crippen MR) is 126 cm³/mol. The topological polar surface area (TPSA) is 97.5 Å². The molecule has 7 heteroatoms. The number of Topliss-reactive ketones (excluding diaryl/α,β-unsaturated/α-hetero) is 1. The van der Waals surface area contributed by atoms with E-state index in [4.69, 9.17) is 9.47 Å². The molecule has 170 valence electrons. The first-order valence-electron chi connectivity index (χ1n) is 10.9. The lowest BCUT2D eigenvalue weighted by atomic mass is 9.81. The van der Waals surface area contributed by atoms with Crippen LogP contribution in [-0.4, -0.2) is 30.9 Å². The number of pyridine rings is 1. The molecule has 7 nitrogen and oxygen atoms in total. The summed E-state index contributed by atoms with van der Waals surface area (Å²) in [5.74, 6) is 0.431. The first-order chi connectivity index (χ1) is 15.9. The first-order valence-corrected chi connectivity index (χ1v) is 10.9. The number of carbonyl (C=O) groups excluding carboxylic acids is 2. The zero-order chi connectivity index (χ0) is 23.5. The third-order valence-electron chi connectivity index (χ3n) is 6.08. The molecule has 0 radical (unpaired) electrons. The molecule has 33 heavy (non-hydrogen) atoms. The number of carbonyl (C=O) groups is 2. The molecular weight excluding hydrogens is 420 g/mol. The van der Waals surface area contributed by atoms with Crippen LogP contribution >= 0.6 is 0 Å². The molecule has 2 N–H and O–H groups in total. The second-order valence-corrected chi connectivity index (χ2v) is 8.01. The van der Waals surface area contributed by atoms with Gasteiger partial charge in [0.15, 0.2) is 17.3 Å². The van der Waals surface area contributed by atoms with Crippen LogP contribution in [0.1, 0.15) is 56.8 Å². The van der Waals surface area contributed by atoms with E-state index >= 15 is 0 Å². The van der Waals surface area contributed by atoms with Crippen molar-refractivity contribution in [3.8, 4) is 11.5 Å². The van der Waals surface area contributed by atoms with E-state index in [1.54, 1.807) is 26.4 Å². The normalized spacial score (nSPS) is 15.0. The molecule has 1 atom stereocenters. The summed E-state index contributed by atoms with van der Waals surface area (Å²) in [5, 5.41) is 2.80. The van der Waals surface area contributed by atoms with Gasteiger partial charge in [0.2, 0.25) is 0 Å². The van der Waals surface area contributed by atoms with Crippen molar-refractivity contribution < 1.29 is 19.1 Å². The quantitative estimate of drug-likeness (QED) is 0.594. The number of hydrogen-bond acceptors (Lipinski definition) is 5. The Hall–Kier alpha value is -3.87. The number of rotatable bonds is 6. The molecule has 2 aromatic carbocycles. The van der Waals surface area contributed by atoms with Crippen LogP contribution in [0.25, 0.3) is 0 Å². The monoisotopic (exact) mass is 446 g/mol. The summed E-state index contributed by atoms with van der Waals surface area (Å²) in [5.41, 5.74) is 2.89. The maximum absolute atomic E-state index is 13.0. The van der Waals surface area contributed by atoms with Crippen molar-refractivity contribution in [2.75, 3.05) is 19.5 Å². The Kier molecular flexibility index (Phi) is 6.31. The van der Waals surface area contributed by atoms with Crippen molar-refractivity contribution in [1.29, 1.82) is 0 Å². The van der Waals surface area contributed by atoms with E-state index in [9.17, 15) is 14.4 Å². The molecule has 1 amide bonds. The number of aromatic nitrogens is 1. The molecule has 0 unspecified atom stereocenters. The summed E-state index contributed by atoms with van der Waals surface area (Å²) in [4.78, 5) is 41.4. The summed E-state index contributed by atoms with van der Waals surface area (Å²) in [6.07, 6.45) is 1.49. The third-order valence-corrected chi connectivity index (χ3v) is 6.08. The van der Waals surface area contributed by atoms with Crippen LogP contribution in [0.2, 0.25) is 0 Å². The average molecular weight is 447 g/mol. The number of methoxy groups -OCH3 is 2. The van der Waals surface area contributed by atoms with Crippen molar-refractivity contribution in [3.05, 3.63) is 86.8 Å². The predicted octanol–water partition coefficient (Wildman–Crippen LogP) is 4.12. The Morgan fingerprint density at radius 2 is 1.79 bits per heavy atom. The SMILES string of the molecule is CCc1ccccc1NC(=O)c1cc2c([nH]c1=O)C[C@H](c1ccc(OC)c(OC)c1)CC2=O. The van der Waals surface area contributed by atoms with Gasteiger partial charge in [0.05, 0.1) is 14.2 Å². The number of aromatic amines is 1. The van der Waals surface area contributed by atoms with Crippen molar-refractivity contribution >= 4 is 17.4 Å². The Morgan fingerprint density at radius 3 is 2.52 bits per heavy atom. The Bertz CT molecular complexity index is 1280. The van der Waals surface area contributed by atoms with Gasteiger partial charge in [-0.05, 0) is 54.2 Å². The highest BCUT2D eigenvalue weighted by atomic mass is 16.5. The van der Waals surface area contributed by atoms with Crippen LogP contribution < -0.4 is 20.3 Å². The van der Waals surface area contributed by atoms with Gasteiger partial charge in [-0.2, -0.15) is 0 Å². The van der Waals surface area contributed by atoms with E-state index in [1.807, 2.05) is 37.3 Å². The number of aryl methyl sites for hydroxylation is 1. The number of anilines is 1. The van der Waals surface area contributed by atoms with Crippen molar-refractivity contribution in [3.63, 3.8) is 0 Å². The van der Waals surface area contributed by atoms with Crippen LogP contribution in [0, 0.1) is 0 Å². The van der Waals surface area contributed by atoms with Crippen molar-refractivity contribution in [1.82, 2.24) is 4.98 Å². The fraction of sp³-hybridized carbons (Fsp3) is 0.269. The van der Waals surface area contributed by atoms with Gasteiger partial charge in [0, 0.05) is 23.4 Å². The van der Waals surface area contributed by atoms with Crippen molar-refractivity contribution in [2.24, 2.45) is 0 Å². The summed E-state index contributed by atoms with van der Waals surface area (Å²) >= 11 is 0. The molecule has 0 saturated carbocycles. The Labute approximate surface area is 191 Å². The van der Waals surface area contributed by atoms with Gasteiger partial charge < -0.3 is 19.8 Å². The molecule has 0 spiro atoms. The van der Waals surface area contributed by atoms with Crippen LogP contribution in [0.3, 0.4) is 0 Å². The summed E-state index contributed by atoms with van der Waals surface area (Å²) in [7, 11) is 3.13. The van der Waals surface area contributed by atoms with E-state index in [0.29, 0.717) is 34.9 Å². The minimum absolute atomic E-state index is 0.0717. The van der Waals surface area contributed by atoms with E-state index in [0.717, 1.165) is 17.5 Å². The lowest BCUT2D eigenvalue weighted by Crippen LogP contribution is -2.29. The number of nitrogens with one attached hydrogen (secondary N) is 2. The molecular formula is C26H26N2O5. The molecule has 0 fully saturated rings. The highest BCUT2D eigenvalue weighted by Crippen LogP contribution is 2.36. The molecule has 1 aromatic heterocycles. The second kappa shape index (κ2) is 9.32. The number of benzene rings is 2. The lowest BCUT2D eigenvalue weighted by Gasteiger charge is -2.24. The summed E-state index contributed by atoms with van der Waals surface area (Å²) in [6, 6.07) is 14.4. The van der Waals surface area contributed by atoms with Gasteiger partial charge in [0.25, 0.3) is 11.5 Å². The highest BCUT2D eigenvalue weighted by molar-refractivity contribution is 6.07. The largest absolute Gasteiger partial charge is 0.493 e. The van der Waals surface area contributed by atoms with Crippen molar-refractivity contribution in [2.45, 2.75) is 32.1 Å². The number of ether oxygens (including phenoxy) is 2. The van der Waals surface area contributed by atoms with Gasteiger partial charge in [0.1, 0.15) is 5.56 Å². The molecule has 0 saturated heterocycles. The number of amides is 1. The van der Waals surface area contributed by atoms with Crippen LogP contribution in [0.5, 0.6) is 11.5 Å². The highest BCUT2D eigenvalue weighted by Gasteiger charge is 2.29. The molecule has 1 aliphatic rings. The van der Waals surface area contributed by atoms with Gasteiger partial charge in [-0.25, -0.2) is 0 Å². The molecule has 0 aliphatic heterocycles. The number of para-hydroxylation sites is 1. The van der Waals surface area contributed by atoms with E-state index in [2.05, 4.69) is 10.3 Å². The zero-order valence-electron chi connectivity index (χ0n) is 18.9. The first kappa shape index (κ1) is 22.3. The standard InChI is InChI=1S/C26H26N2O5/c1-4-15-7-5-6-8-20(15)27-25(30)19-14-18-21(28-26(19)31)11-17(12-22(18)29)16-9-10-23(32-2)24(13-16)33-3/h5-10,13-14,17H,4,11-12H2,1-3H3,(H,27,30)(H,28,31)/t17-/m0/s1. The van der Waals surface area contributed by atoms with E-state index in [-0.39, 0.29) is 23.7 Å². The van der Waals surface area contributed by atoms with Gasteiger partial charge in [-0.15, -0.1) is 0 Å². The number of H-pyrrole nitrogens is 1. The number of ketones is 1. The molecule has 3 aromatic rings. The minimum Gasteiger partial charge on any atom is -0.493 e. The van der Waals surface area contributed by atoms with E-state index < -0.39 is 11.5 Å². The second-order valence-electron chi connectivity index (χ2n) is 8.01. The smallest absolute Gasteiger partial charge is 0.261 e. The van der Waals surface area contributed by atoms with Gasteiger partial charge >= 0.3 is 0 Å². The summed E-state index contributed by atoms with van der Waals surface area (Å²) < 4.78 is 10.7. The van der Waals surface area contributed by atoms with Crippen LogP contribution in [-0.2, 0) is 12.8 Å². The fourth-order valence-corrected chi connectivity index (χ4v) is 4.28. The maximum Gasteiger partial charge on any atom is 0.261 e. The van der Waals surface area contributed by atoms with Crippen LogP contribution in [0.15, 0.2) is 53.3 Å². The minimum atomic E-state index is -0.533. The van der Waals surface area contributed by atoms with Gasteiger partial charge in [-0.3, -0.25) is 14.4 Å². The van der Waals surface area contributed by atoms with Gasteiger partial charge in [-0.1, -0.05) is 31.2 Å². The molecule has 0 bridgehead atoms. The fourth-order valence-electron chi connectivity index (χ4n) is 4.28.